The molecule has 2 saturated carbocycles. The van der Waals surface area contributed by atoms with Crippen LogP contribution in [0.1, 0.15) is 50.3 Å². The zero-order valence-electron chi connectivity index (χ0n) is 12.4. The molecule has 0 radical (unpaired) electrons. The van der Waals surface area contributed by atoms with Crippen molar-refractivity contribution < 1.29 is 0 Å². The number of anilines is 1. The summed E-state index contributed by atoms with van der Waals surface area (Å²) < 4.78 is 1.98. The Morgan fingerprint density at radius 3 is 2.86 bits per heavy atom. The van der Waals surface area contributed by atoms with Gasteiger partial charge in [-0.1, -0.05) is 0 Å². The van der Waals surface area contributed by atoms with Gasteiger partial charge >= 0.3 is 0 Å². The Hall–Kier alpha value is -1.62. The molecule has 1 spiro atoms. The van der Waals surface area contributed by atoms with Crippen molar-refractivity contribution in [2.45, 2.75) is 62.4 Å². The third-order valence-corrected chi connectivity index (χ3v) is 5.61. The van der Waals surface area contributed by atoms with Crippen molar-refractivity contribution in [2.24, 2.45) is 5.73 Å². The molecule has 2 fully saturated rings. The molecule has 0 unspecified atom stereocenters. The molecule has 5 rings (SSSR count). The third-order valence-electron chi connectivity index (χ3n) is 5.61. The number of nitrogens with zero attached hydrogens (tertiary/aromatic N) is 3. The Labute approximate surface area is 123 Å². The number of fused-ring (bicyclic) bond motifs is 3. The quantitative estimate of drug-likeness (QED) is 0.884. The second-order valence-electron chi connectivity index (χ2n) is 7.57. The summed E-state index contributed by atoms with van der Waals surface area (Å²) >= 11 is 0. The van der Waals surface area contributed by atoms with Crippen LogP contribution in [-0.4, -0.2) is 26.2 Å². The highest BCUT2D eigenvalue weighted by atomic mass is 15.3. The summed E-state index contributed by atoms with van der Waals surface area (Å²) in [6.45, 7) is 2.13. The molecule has 3 aliphatic rings. The van der Waals surface area contributed by atoms with E-state index >= 15 is 0 Å². The average molecular weight is 283 g/mol. The lowest BCUT2D eigenvalue weighted by atomic mass is 9.75. The second-order valence-corrected chi connectivity index (χ2v) is 7.57. The first kappa shape index (κ1) is 12.0. The Balaban J connectivity index is 1.60. The predicted molar refractivity (Wildman–Crippen MR) is 81.5 cm³/mol. The van der Waals surface area contributed by atoms with Crippen LogP contribution in [0.2, 0.25) is 0 Å². The predicted octanol–water partition coefficient (Wildman–Crippen LogP) is 2.00. The molecule has 2 aromatic heterocycles. The summed E-state index contributed by atoms with van der Waals surface area (Å²) in [5.41, 5.74) is 10.3. The van der Waals surface area contributed by atoms with Gasteiger partial charge in [0.25, 0.3) is 0 Å². The van der Waals surface area contributed by atoms with Gasteiger partial charge in [0.05, 0.1) is 11.9 Å². The fourth-order valence-electron chi connectivity index (χ4n) is 4.28. The van der Waals surface area contributed by atoms with E-state index in [0.29, 0.717) is 11.5 Å². The molecule has 0 amide bonds. The molecule has 0 atom stereocenters. The lowest BCUT2D eigenvalue weighted by Gasteiger charge is -2.43. The lowest BCUT2D eigenvalue weighted by molar-refractivity contribution is 0.247. The van der Waals surface area contributed by atoms with Gasteiger partial charge in [0.15, 0.2) is 5.65 Å². The highest BCUT2D eigenvalue weighted by molar-refractivity contribution is 5.60. The van der Waals surface area contributed by atoms with Gasteiger partial charge in [0, 0.05) is 28.6 Å². The van der Waals surface area contributed by atoms with Crippen LogP contribution >= 0.6 is 0 Å². The van der Waals surface area contributed by atoms with Crippen LogP contribution in [0.3, 0.4) is 0 Å². The normalized spacial score (nSPS) is 32.2. The summed E-state index contributed by atoms with van der Waals surface area (Å²) in [5.74, 6) is 1.17. The van der Waals surface area contributed by atoms with E-state index in [-0.39, 0.29) is 5.54 Å². The van der Waals surface area contributed by atoms with Crippen molar-refractivity contribution in [1.29, 1.82) is 0 Å². The molecule has 0 saturated heterocycles. The molecule has 0 aromatic carbocycles. The van der Waals surface area contributed by atoms with E-state index in [1.165, 1.54) is 36.3 Å². The Bertz CT molecular complexity index is 732. The van der Waals surface area contributed by atoms with Crippen molar-refractivity contribution in [3.05, 3.63) is 23.5 Å². The SMILES string of the molecule is CC1(N)CC(Nc2c3c(nc4ccnn24)C2(CC3)CC2)C1. The molecule has 2 aromatic rings. The number of nitrogens with two attached hydrogens (primary N) is 1. The zero-order chi connectivity index (χ0) is 14.2. The molecule has 0 aliphatic heterocycles. The van der Waals surface area contributed by atoms with E-state index < -0.39 is 0 Å². The standard InChI is InChI=1S/C16H21N5/c1-15(17)8-10(9-15)19-14-11-2-4-16(5-6-16)13(11)20-12-3-7-18-21(12)14/h3,7,10,19H,2,4-6,8-9,17H2,1H3. The highest BCUT2D eigenvalue weighted by Crippen LogP contribution is 2.57. The van der Waals surface area contributed by atoms with Crippen LogP contribution in [0.4, 0.5) is 5.82 Å². The molecule has 3 aliphatic carbocycles. The van der Waals surface area contributed by atoms with E-state index in [9.17, 15) is 0 Å². The monoisotopic (exact) mass is 283 g/mol. The van der Waals surface area contributed by atoms with Crippen LogP contribution in [-0.2, 0) is 11.8 Å². The summed E-state index contributed by atoms with van der Waals surface area (Å²) in [6, 6.07) is 2.47. The van der Waals surface area contributed by atoms with Gasteiger partial charge in [-0.2, -0.15) is 9.61 Å². The minimum absolute atomic E-state index is 0.00514. The van der Waals surface area contributed by atoms with Crippen molar-refractivity contribution >= 4 is 11.5 Å². The van der Waals surface area contributed by atoms with Gasteiger partial charge in [0.2, 0.25) is 0 Å². The van der Waals surface area contributed by atoms with Gasteiger partial charge < -0.3 is 11.1 Å². The van der Waals surface area contributed by atoms with Gasteiger partial charge in [-0.15, -0.1) is 0 Å². The maximum absolute atomic E-state index is 6.15. The van der Waals surface area contributed by atoms with Crippen LogP contribution in [0.5, 0.6) is 0 Å². The van der Waals surface area contributed by atoms with E-state index in [2.05, 4.69) is 17.3 Å². The molecule has 21 heavy (non-hydrogen) atoms. The number of rotatable bonds is 2. The van der Waals surface area contributed by atoms with Crippen LogP contribution in [0, 0.1) is 0 Å². The van der Waals surface area contributed by atoms with Gasteiger partial charge in [0.1, 0.15) is 5.82 Å². The van der Waals surface area contributed by atoms with Gasteiger partial charge in [-0.3, -0.25) is 0 Å². The molecule has 5 heteroatoms. The molecule has 5 nitrogen and oxygen atoms in total. The minimum atomic E-state index is -0.00514. The molecule has 110 valence electrons. The first-order valence-electron chi connectivity index (χ1n) is 7.99. The first-order chi connectivity index (χ1) is 10.1. The fourth-order valence-corrected chi connectivity index (χ4v) is 4.28. The average Bonchev–Trinajstić information content (AvgIpc) is 2.88. The fraction of sp³-hybridized carbons (Fsp3) is 0.625. The van der Waals surface area contributed by atoms with Crippen LogP contribution < -0.4 is 11.1 Å². The molecular weight excluding hydrogens is 262 g/mol. The van der Waals surface area contributed by atoms with Gasteiger partial charge in [-0.05, 0) is 45.4 Å². The van der Waals surface area contributed by atoms with E-state index in [4.69, 9.17) is 10.7 Å². The second kappa shape index (κ2) is 3.58. The maximum atomic E-state index is 6.15. The van der Waals surface area contributed by atoms with Crippen molar-refractivity contribution in [2.75, 3.05) is 5.32 Å². The molecular formula is C16H21N5. The van der Waals surface area contributed by atoms with Crippen molar-refractivity contribution in [3.8, 4) is 0 Å². The number of aromatic nitrogens is 3. The smallest absolute Gasteiger partial charge is 0.157 e. The third kappa shape index (κ3) is 1.61. The maximum Gasteiger partial charge on any atom is 0.157 e. The van der Waals surface area contributed by atoms with Crippen LogP contribution in [0.15, 0.2) is 12.3 Å². The summed E-state index contributed by atoms with van der Waals surface area (Å²) in [5, 5.41) is 8.18. The lowest BCUT2D eigenvalue weighted by Crippen LogP contribution is -2.55. The Morgan fingerprint density at radius 1 is 1.33 bits per heavy atom. The Kier molecular flexibility index (Phi) is 2.04. The number of hydrogen-bond donors (Lipinski definition) is 2. The first-order valence-corrected chi connectivity index (χ1v) is 7.99. The van der Waals surface area contributed by atoms with Crippen molar-refractivity contribution in [3.63, 3.8) is 0 Å². The summed E-state index contributed by atoms with van der Waals surface area (Å²) in [4.78, 5) is 4.91. The van der Waals surface area contributed by atoms with E-state index in [1.54, 1.807) is 0 Å². The minimum Gasteiger partial charge on any atom is -0.367 e. The number of hydrogen-bond acceptors (Lipinski definition) is 4. The zero-order valence-corrected chi connectivity index (χ0v) is 12.4. The Morgan fingerprint density at radius 2 is 2.14 bits per heavy atom. The summed E-state index contributed by atoms with van der Waals surface area (Å²) in [7, 11) is 0. The van der Waals surface area contributed by atoms with Crippen LogP contribution in [0.25, 0.3) is 5.65 Å². The largest absolute Gasteiger partial charge is 0.367 e. The number of nitrogens with one attached hydrogen (secondary N) is 1. The van der Waals surface area contributed by atoms with E-state index in [0.717, 1.165) is 24.9 Å². The van der Waals surface area contributed by atoms with E-state index in [1.807, 2.05) is 16.8 Å². The molecule has 3 N–H and O–H groups in total. The molecule has 0 bridgehead atoms. The van der Waals surface area contributed by atoms with Crippen molar-refractivity contribution in [1.82, 2.24) is 14.6 Å². The van der Waals surface area contributed by atoms with Gasteiger partial charge in [-0.25, -0.2) is 4.98 Å². The topological polar surface area (TPSA) is 68.2 Å². The molecule has 2 heterocycles. The summed E-state index contributed by atoms with van der Waals surface area (Å²) in [6.07, 6.45) is 8.90. The highest BCUT2D eigenvalue weighted by Gasteiger charge is 2.51.